The Hall–Kier alpha value is -1.64. The van der Waals surface area contributed by atoms with Gasteiger partial charge in [-0.25, -0.2) is 0 Å². The fourth-order valence-corrected chi connectivity index (χ4v) is 2.54. The topological polar surface area (TPSA) is 75.3 Å². The van der Waals surface area contributed by atoms with Crippen LogP contribution < -0.4 is 10.6 Å². The lowest BCUT2D eigenvalue weighted by Gasteiger charge is -2.19. The Morgan fingerprint density at radius 1 is 1.23 bits per heavy atom. The zero-order valence-corrected chi connectivity index (χ0v) is 18.6. The van der Waals surface area contributed by atoms with Crippen molar-refractivity contribution in [1.82, 2.24) is 20.8 Å². The highest BCUT2D eigenvalue weighted by atomic mass is 127. The number of hydrogen-bond acceptors (Lipinski definition) is 4. The molecule has 6 nitrogen and oxygen atoms in total. The number of aliphatic imine (C=N–C) groups is 1. The molecule has 0 radical (unpaired) electrons. The van der Waals surface area contributed by atoms with E-state index in [9.17, 15) is 0 Å². The summed E-state index contributed by atoms with van der Waals surface area (Å²) in [5.41, 5.74) is 2.54. The van der Waals surface area contributed by atoms with Gasteiger partial charge in [0.25, 0.3) is 0 Å². The van der Waals surface area contributed by atoms with Crippen LogP contribution in [0.5, 0.6) is 0 Å². The van der Waals surface area contributed by atoms with E-state index in [-0.39, 0.29) is 35.9 Å². The molecule has 0 saturated heterocycles. The molecule has 0 aliphatic rings. The molecule has 7 heteroatoms. The van der Waals surface area contributed by atoms with Crippen molar-refractivity contribution in [3.8, 4) is 0 Å². The van der Waals surface area contributed by atoms with Gasteiger partial charge >= 0.3 is 0 Å². The molecule has 26 heavy (non-hydrogen) atoms. The highest BCUT2D eigenvalue weighted by molar-refractivity contribution is 14.0. The molecule has 0 bridgehead atoms. The third-order valence-corrected chi connectivity index (χ3v) is 3.95. The molecule has 0 aliphatic heterocycles. The van der Waals surface area contributed by atoms with Crippen molar-refractivity contribution in [2.24, 2.45) is 4.99 Å². The van der Waals surface area contributed by atoms with E-state index in [1.54, 1.807) is 0 Å². The zero-order valence-electron chi connectivity index (χ0n) is 16.2. The first-order valence-electron chi connectivity index (χ1n) is 8.94. The maximum absolute atomic E-state index is 5.26. The second-order valence-corrected chi connectivity index (χ2v) is 6.43. The molecule has 0 fully saturated rings. The molecule has 1 atom stereocenters. The normalized spacial score (nSPS) is 12.6. The van der Waals surface area contributed by atoms with Gasteiger partial charge in [-0.3, -0.25) is 4.99 Å². The SMILES string of the molecule is CCNC(=NCCc1nc(C(C)C)no1)NC(C)c1ccccc1C.I. The van der Waals surface area contributed by atoms with Crippen LogP contribution in [0.2, 0.25) is 0 Å². The van der Waals surface area contributed by atoms with E-state index in [4.69, 9.17) is 4.52 Å². The van der Waals surface area contributed by atoms with Crippen molar-refractivity contribution in [3.05, 3.63) is 47.1 Å². The first kappa shape index (κ1) is 22.4. The maximum Gasteiger partial charge on any atom is 0.228 e. The minimum absolute atomic E-state index is 0. The Balaban J connectivity index is 0.00000338. The fraction of sp³-hybridized carbons (Fsp3) is 0.526. The van der Waals surface area contributed by atoms with Crippen molar-refractivity contribution in [2.75, 3.05) is 13.1 Å². The first-order chi connectivity index (χ1) is 12.0. The summed E-state index contributed by atoms with van der Waals surface area (Å²) in [6.45, 7) is 11.8. The van der Waals surface area contributed by atoms with E-state index in [1.807, 2.05) is 13.8 Å². The van der Waals surface area contributed by atoms with Gasteiger partial charge in [0.05, 0.1) is 12.6 Å². The van der Waals surface area contributed by atoms with Crippen LogP contribution in [0.4, 0.5) is 0 Å². The third kappa shape index (κ3) is 6.59. The van der Waals surface area contributed by atoms with E-state index < -0.39 is 0 Å². The second-order valence-electron chi connectivity index (χ2n) is 6.43. The summed E-state index contributed by atoms with van der Waals surface area (Å²) in [4.78, 5) is 9.01. The minimum atomic E-state index is 0. The molecule has 2 aromatic rings. The molecule has 1 aromatic carbocycles. The van der Waals surface area contributed by atoms with Gasteiger partial charge < -0.3 is 15.2 Å². The van der Waals surface area contributed by atoms with E-state index in [2.05, 4.69) is 70.8 Å². The van der Waals surface area contributed by atoms with Crippen LogP contribution in [-0.2, 0) is 6.42 Å². The maximum atomic E-state index is 5.26. The molecule has 2 rings (SSSR count). The number of rotatable bonds is 7. The molecular weight excluding hydrogens is 441 g/mol. The monoisotopic (exact) mass is 471 g/mol. The lowest BCUT2D eigenvalue weighted by molar-refractivity contribution is 0.372. The number of aromatic nitrogens is 2. The van der Waals surface area contributed by atoms with Gasteiger partial charge in [-0.2, -0.15) is 4.98 Å². The van der Waals surface area contributed by atoms with Crippen LogP contribution in [0.3, 0.4) is 0 Å². The summed E-state index contributed by atoms with van der Waals surface area (Å²) in [5, 5.41) is 10.7. The Kier molecular flexibility index (Phi) is 9.61. The van der Waals surface area contributed by atoms with Crippen LogP contribution in [0.25, 0.3) is 0 Å². The highest BCUT2D eigenvalue weighted by Gasteiger charge is 2.11. The Bertz CT molecular complexity index is 699. The van der Waals surface area contributed by atoms with Gasteiger partial charge in [0.1, 0.15) is 0 Å². The quantitative estimate of drug-likeness (QED) is 0.363. The molecular formula is C19H30IN5O. The van der Waals surface area contributed by atoms with E-state index in [1.165, 1.54) is 11.1 Å². The van der Waals surface area contributed by atoms with Gasteiger partial charge in [-0.1, -0.05) is 43.3 Å². The van der Waals surface area contributed by atoms with Gasteiger partial charge in [-0.15, -0.1) is 24.0 Å². The van der Waals surface area contributed by atoms with Crippen LogP contribution in [0, 0.1) is 6.92 Å². The minimum Gasteiger partial charge on any atom is -0.357 e. The van der Waals surface area contributed by atoms with E-state index in [0.717, 1.165) is 18.3 Å². The number of nitrogens with one attached hydrogen (secondary N) is 2. The van der Waals surface area contributed by atoms with E-state index in [0.29, 0.717) is 18.9 Å². The van der Waals surface area contributed by atoms with Crippen LogP contribution in [-0.4, -0.2) is 29.2 Å². The number of benzene rings is 1. The molecule has 0 spiro atoms. The smallest absolute Gasteiger partial charge is 0.228 e. The number of aryl methyl sites for hydroxylation is 1. The summed E-state index contributed by atoms with van der Waals surface area (Å²) in [7, 11) is 0. The van der Waals surface area contributed by atoms with Gasteiger partial charge in [0.15, 0.2) is 11.8 Å². The first-order valence-corrected chi connectivity index (χ1v) is 8.94. The number of halogens is 1. The summed E-state index contributed by atoms with van der Waals surface area (Å²) < 4.78 is 5.26. The Morgan fingerprint density at radius 2 is 1.96 bits per heavy atom. The molecule has 0 saturated carbocycles. The average Bonchev–Trinajstić information content (AvgIpc) is 3.04. The van der Waals surface area contributed by atoms with Crippen LogP contribution in [0.15, 0.2) is 33.8 Å². The highest BCUT2D eigenvalue weighted by Crippen LogP contribution is 2.16. The Labute approximate surface area is 173 Å². The van der Waals surface area contributed by atoms with Gasteiger partial charge in [0.2, 0.25) is 5.89 Å². The Morgan fingerprint density at radius 3 is 2.58 bits per heavy atom. The van der Waals surface area contributed by atoms with Crippen LogP contribution >= 0.6 is 24.0 Å². The number of nitrogens with zero attached hydrogens (tertiary/aromatic N) is 3. The van der Waals surface area contributed by atoms with Crippen molar-refractivity contribution in [2.45, 2.75) is 53.0 Å². The molecule has 1 aromatic heterocycles. The predicted octanol–water partition coefficient (Wildman–Crippen LogP) is 3.98. The number of guanidine groups is 1. The largest absolute Gasteiger partial charge is 0.357 e. The predicted molar refractivity (Wildman–Crippen MR) is 116 cm³/mol. The summed E-state index contributed by atoms with van der Waals surface area (Å²) in [6, 6.07) is 8.56. The molecule has 0 aliphatic carbocycles. The molecule has 2 N–H and O–H groups in total. The third-order valence-electron chi connectivity index (χ3n) is 3.95. The van der Waals surface area contributed by atoms with E-state index >= 15 is 0 Å². The summed E-state index contributed by atoms with van der Waals surface area (Å²) in [5.74, 6) is 2.45. The summed E-state index contributed by atoms with van der Waals surface area (Å²) >= 11 is 0. The zero-order chi connectivity index (χ0) is 18.2. The second kappa shape index (κ2) is 11.2. The van der Waals surface area contributed by atoms with Crippen molar-refractivity contribution in [1.29, 1.82) is 0 Å². The standard InChI is InChI=1S/C19H29N5O.HI/c1-6-20-19(22-15(5)16-10-8-7-9-14(16)4)21-12-11-17-23-18(13(2)3)24-25-17;/h7-10,13,15H,6,11-12H2,1-5H3,(H2,20,21,22);1H. The molecule has 1 heterocycles. The van der Waals surface area contributed by atoms with Crippen molar-refractivity contribution >= 4 is 29.9 Å². The van der Waals surface area contributed by atoms with Crippen LogP contribution in [0.1, 0.15) is 62.5 Å². The summed E-state index contributed by atoms with van der Waals surface area (Å²) in [6.07, 6.45) is 0.634. The molecule has 1 unspecified atom stereocenters. The van der Waals surface area contributed by atoms with Gasteiger partial charge in [-0.05, 0) is 31.9 Å². The van der Waals surface area contributed by atoms with Gasteiger partial charge in [0, 0.05) is 18.9 Å². The lowest BCUT2D eigenvalue weighted by Crippen LogP contribution is -2.39. The van der Waals surface area contributed by atoms with Crippen molar-refractivity contribution in [3.63, 3.8) is 0 Å². The lowest BCUT2D eigenvalue weighted by atomic mass is 10.0. The molecule has 0 amide bonds. The fourth-order valence-electron chi connectivity index (χ4n) is 2.54. The van der Waals surface area contributed by atoms with Crippen molar-refractivity contribution < 1.29 is 4.52 Å². The number of hydrogen-bond donors (Lipinski definition) is 2. The average molecular weight is 471 g/mol. The molecule has 144 valence electrons.